The van der Waals surface area contributed by atoms with Gasteiger partial charge in [-0.15, -0.1) is 0 Å². The molecule has 8 heteroatoms. The van der Waals surface area contributed by atoms with Crippen molar-refractivity contribution < 1.29 is 24.1 Å². The molecular formula is C25H29N3O5. The van der Waals surface area contributed by atoms with E-state index in [1.54, 1.807) is 29.2 Å². The predicted octanol–water partition coefficient (Wildman–Crippen LogP) is 3.01. The van der Waals surface area contributed by atoms with Gasteiger partial charge in [-0.25, -0.2) is 0 Å². The normalized spacial score (nSPS) is 18.6. The largest absolute Gasteiger partial charge is 0.345 e. The molecule has 2 aliphatic rings. The summed E-state index contributed by atoms with van der Waals surface area (Å²) in [4.78, 5) is 49.9. The fourth-order valence-corrected chi connectivity index (χ4v) is 3.99. The molecule has 2 amide bonds. The summed E-state index contributed by atoms with van der Waals surface area (Å²) in [6.07, 6.45) is 1.05. The zero-order chi connectivity index (χ0) is 23.6. The maximum atomic E-state index is 12.8. The van der Waals surface area contributed by atoms with Crippen LogP contribution in [0.25, 0.3) is 0 Å². The minimum Gasteiger partial charge on any atom is -0.345 e. The fraction of sp³-hybridized carbons (Fsp3) is 0.400. The van der Waals surface area contributed by atoms with Gasteiger partial charge in [0.05, 0.1) is 6.61 Å². The third-order valence-electron chi connectivity index (χ3n) is 5.96. The highest BCUT2D eigenvalue weighted by Gasteiger charge is 2.34. The van der Waals surface area contributed by atoms with E-state index in [-0.39, 0.29) is 17.9 Å². The molecule has 0 aliphatic carbocycles. The van der Waals surface area contributed by atoms with Crippen molar-refractivity contribution in [1.29, 1.82) is 0 Å². The second-order valence-electron chi connectivity index (χ2n) is 9.41. The van der Waals surface area contributed by atoms with Crippen molar-refractivity contribution in [1.82, 2.24) is 15.9 Å². The van der Waals surface area contributed by atoms with Crippen LogP contribution in [0.4, 0.5) is 0 Å². The van der Waals surface area contributed by atoms with Gasteiger partial charge in [0.15, 0.2) is 6.23 Å². The maximum Gasteiger partial charge on any atom is 0.292 e. The van der Waals surface area contributed by atoms with Crippen molar-refractivity contribution in [2.24, 2.45) is 0 Å². The lowest BCUT2D eigenvalue weighted by Gasteiger charge is -2.24. The molecular weight excluding hydrogens is 422 g/mol. The summed E-state index contributed by atoms with van der Waals surface area (Å²) in [7, 11) is 0. The van der Waals surface area contributed by atoms with Gasteiger partial charge in [0.2, 0.25) is 5.78 Å². The second-order valence-corrected chi connectivity index (χ2v) is 9.41. The molecule has 2 aliphatic heterocycles. The molecule has 1 saturated heterocycles. The number of hydrogen-bond donors (Lipinski definition) is 2. The average Bonchev–Trinajstić information content (AvgIpc) is 2.96. The lowest BCUT2D eigenvalue weighted by molar-refractivity contribution is -0.207. The molecule has 174 valence electrons. The second kappa shape index (κ2) is 9.43. The first-order valence-corrected chi connectivity index (χ1v) is 11.1. The SMILES string of the molecule is CC(C)(C)c1ccc(C(=O)C(=O)NCc2ccc3c(c2)CN([C@@H]2CCCONO2)C3=O)cc1. The van der Waals surface area contributed by atoms with Gasteiger partial charge in [-0.1, -0.05) is 62.8 Å². The molecule has 2 aromatic carbocycles. The van der Waals surface area contributed by atoms with E-state index in [2.05, 4.69) is 31.7 Å². The van der Waals surface area contributed by atoms with Crippen LogP contribution in [-0.2, 0) is 33.0 Å². The van der Waals surface area contributed by atoms with Gasteiger partial charge in [-0.2, -0.15) is 0 Å². The highest BCUT2D eigenvalue weighted by Crippen LogP contribution is 2.28. The van der Waals surface area contributed by atoms with E-state index < -0.39 is 17.9 Å². The van der Waals surface area contributed by atoms with Crippen LogP contribution in [0, 0.1) is 0 Å². The first-order valence-electron chi connectivity index (χ1n) is 11.1. The Morgan fingerprint density at radius 3 is 2.64 bits per heavy atom. The quantitative estimate of drug-likeness (QED) is 0.536. The number of fused-ring (bicyclic) bond motifs is 1. The summed E-state index contributed by atoms with van der Waals surface area (Å²) in [5.74, 6) is -1.32. The predicted molar refractivity (Wildman–Crippen MR) is 121 cm³/mol. The first kappa shape index (κ1) is 23.1. The van der Waals surface area contributed by atoms with Crippen molar-refractivity contribution >= 4 is 17.6 Å². The first-order chi connectivity index (χ1) is 15.7. The molecule has 8 nitrogen and oxygen atoms in total. The monoisotopic (exact) mass is 451 g/mol. The molecule has 0 unspecified atom stereocenters. The summed E-state index contributed by atoms with van der Waals surface area (Å²) >= 11 is 0. The van der Waals surface area contributed by atoms with Crippen LogP contribution >= 0.6 is 0 Å². The van der Waals surface area contributed by atoms with Crippen molar-refractivity contribution in [3.05, 3.63) is 70.3 Å². The molecule has 0 saturated carbocycles. The van der Waals surface area contributed by atoms with Gasteiger partial charge in [0.25, 0.3) is 11.8 Å². The van der Waals surface area contributed by atoms with Crippen LogP contribution in [0.3, 0.4) is 0 Å². The molecule has 2 heterocycles. The Labute approximate surface area is 193 Å². The zero-order valence-corrected chi connectivity index (χ0v) is 19.1. The Kier molecular flexibility index (Phi) is 6.60. The van der Waals surface area contributed by atoms with E-state index in [9.17, 15) is 14.4 Å². The van der Waals surface area contributed by atoms with Crippen LogP contribution < -0.4 is 11.0 Å². The smallest absolute Gasteiger partial charge is 0.292 e. The van der Waals surface area contributed by atoms with Crippen molar-refractivity contribution in [2.75, 3.05) is 6.61 Å². The lowest BCUT2D eigenvalue weighted by Crippen LogP contribution is -2.39. The van der Waals surface area contributed by atoms with Crippen molar-refractivity contribution in [3.8, 4) is 0 Å². The molecule has 1 fully saturated rings. The van der Waals surface area contributed by atoms with E-state index in [4.69, 9.17) is 9.68 Å². The van der Waals surface area contributed by atoms with Gasteiger partial charge in [0.1, 0.15) is 0 Å². The standard InChI is InChI=1S/C25H29N3O5/c1-25(2,3)19-9-7-17(8-10-19)22(29)23(30)26-14-16-6-11-20-18(13-16)15-28(24(20)31)21-5-4-12-32-27-33-21/h6-11,13,21,27H,4-5,12,14-15H2,1-3H3,(H,26,30)/t21-/m0/s1. The molecule has 0 aromatic heterocycles. The minimum absolute atomic E-state index is 0.0268. The van der Waals surface area contributed by atoms with Gasteiger partial charge < -0.3 is 10.2 Å². The third kappa shape index (κ3) is 5.13. The topological polar surface area (TPSA) is 97.0 Å². The zero-order valence-electron chi connectivity index (χ0n) is 19.1. The number of ketones is 1. The molecule has 4 rings (SSSR count). The fourth-order valence-electron chi connectivity index (χ4n) is 3.99. The van der Waals surface area contributed by atoms with Crippen LogP contribution in [-0.4, -0.2) is 35.3 Å². The molecule has 33 heavy (non-hydrogen) atoms. The van der Waals surface area contributed by atoms with Crippen LogP contribution in [0.1, 0.15) is 71.0 Å². The summed E-state index contributed by atoms with van der Waals surface area (Å²) in [6.45, 7) is 7.41. The van der Waals surface area contributed by atoms with Crippen molar-refractivity contribution in [2.45, 2.75) is 58.3 Å². The minimum atomic E-state index is -0.658. The molecule has 0 spiro atoms. The number of hydrogen-bond acceptors (Lipinski definition) is 6. The Balaban J connectivity index is 1.37. The van der Waals surface area contributed by atoms with Gasteiger partial charge >= 0.3 is 0 Å². The Bertz CT molecular complexity index is 1050. The van der Waals surface area contributed by atoms with Gasteiger partial charge in [-0.05, 0) is 41.0 Å². The van der Waals surface area contributed by atoms with E-state index in [1.165, 1.54) is 0 Å². The number of rotatable bonds is 5. The molecule has 0 bridgehead atoms. The third-order valence-corrected chi connectivity index (χ3v) is 5.96. The number of Topliss-reactive ketones (excluding diaryl/α,β-unsaturated/α-hetero) is 1. The average molecular weight is 452 g/mol. The number of carbonyl (C=O) groups is 3. The highest BCUT2D eigenvalue weighted by molar-refractivity contribution is 6.42. The summed E-state index contributed by atoms with van der Waals surface area (Å²) in [6, 6.07) is 12.6. The van der Waals surface area contributed by atoms with Gasteiger partial charge in [0, 0.05) is 24.2 Å². The van der Waals surface area contributed by atoms with Crippen LogP contribution in [0.15, 0.2) is 42.5 Å². The Morgan fingerprint density at radius 2 is 1.91 bits per heavy atom. The lowest BCUT2D eigenvalue weighted by atomic mass is 9.86. The Morgan fingerprint density at radius 1 is 1.15 bits per heavy atom. The van der Waals surface area contributed by atoms with Crippen molar-refractivity contribution in [3.63, 3.8) is 0 Å². The number of carbonyl (C=O) groups excluding carboxylic acids is 3. The number of nitrogens with zero attached hydrogens (tertiary/aromatic N) is 1. The molecule has 0 radical (unpaired) electrons. The van der Waals surface area contributed by atoms with E-state index in [1.807, 2.05) is 18.2 Å². The van der Waals surface area contributed by atoms with Crippen LogP contribution in [0.5, 0.6) is 0 Å². The van der Waals surface area contributed by atoms with E-state index in [0.717, 1.165) is 23.1 Å². The van der Waals surface area contributed by atoms with Gasteiger partial charge in [-0.3, -0.25) is 24.1 Å². The van der Waals surface area contributed by atoms with Crippen LogP contribution in [0.2, 0.25) is 0 Å². The van der Waals surface area contributed by atoms with E-state index >= 15 is 0 Å². The van der Waals surface area contributed by atoms with E-state index in [0.29, 0.717) is 30.7 Å². The molecule has 1 atom stereocenters. The Hall–Kier alpha value is -3.07. The summed E-state index contributed by atoms with van der Waals surface area (Å²) in [5, 5.41) is 2.69. The summed E-state index contributed by atoms with van der Waals surface area (Å²) < 4.78 is 0. The highest BCUT2D eigenvalue weighted by atomic mass is 16.9. The molecule has 2 aromatic rings. The number of benzene rings is 2. The molecule has 2 N–H and O–H groups in total. The summed E-state index contributed by atoms with van der Waals surface area (Å²) in [5.41, 5.74) is 6.15. The number of nitrogens with one attached hydrogen (secondary N) is 2. The number of amides is 2. The maximum absolute atomic E-state index is 12.8.